The molecule has 74 valence electrons. The van der Waals surface area contributed by atoms with Crippen LogP contribution in [0, 0.1) is 6.92 Å². The highest BCUT2D eigenvalue weighted by Gasteiger charge is 2.16. The lowest BCUT2D eigenvalue weighted by atomic mass is 10.2. The molecule has 0 aromatic carbocycles. The number of aromatic nitrogens is 1. The van der Waals surface area contributed by atoms with Crippen LogP contribution in [0.25, 0.3) is 6.08 Å². The summed E-state index contributed by atoms with van der Waals surface area (Å²) in [7, 11) is 0. The number of nitrogens with two attached hydrogens (primary N) is 1. The Morgan fingerprint density at radius 2 is 2.43 bits per heavy atom. The van der Waals surface area contributed by atoms with Crippen molar-refractivity contribution in [3.05, 3.63) is 29.2 Å². The first kappa shape index (κ1) is 10.3. The zero-order chi connectivity index (χ0) is 10.1. The first-order valence-electron chi connectivity index (χ1n) is 4.22. The normalized spacial score (nSPS) is 15.1. The second kappa shape index (κ2) is 4.08. The Morgan fingerprint density at radius 1 is 1.64 bits per heavy atom. The minimum absolute atomic E-state index is 0.559. The molecule has 3 nitrogen and oxygen atoms in total. The van der Waals surface area contributed by atoms with Gasteiger partial charge in [-0.15, -0.1) is 0 Å². The third-order valence-corrected chi connectivity index (χ3v) is 4.12. The van der Waals surface area contributed by atoms with Gasteiger partial charge < -0.3 is 5.73 Å². The monoisotopic (exact) mass is 319 g/mol. The lowest BCUT2D eigenvalue weighted by molar-refractivity contribution is 0.909. The van der Waals surface area contributed by atoms with E-state index in [9.17, 15) is 0 Å². The lowest BCUT2D eigenvalue weighted by Gasteiger charge is -2.23. The fraction of sp³-hybridized carbons (Fsp3) is 0.222. The van der Waals surface area contributed by atoms with E-state index in [0.717, 1.165) is 17.0 Å². The second-order valence-electron chi connectivity index (χ2n) is 3.04. The van der Waals surface area contributed by atoms with Crippen LogP contribution in [0.4, 0.5) is 0 Å². The van der Waals surface area contributed by atoms with Gasteiger partial charge in [0.15, 0.2) is 0 Å². The van der Waals surface area contributed by atoms with Gasteiger partial charge in [-0.2, -0.15) is 0 Å². The number of fused-ring (bicyclic) bond motifs is 1. The highest BCUT2D eigenvalue weighted by Crippen LogP contribution is 2.38. The van der Waals surface area contributed by atoms with Crippen LogP contribution < -0.4 is 5.73 Å². The molecule has 0 aliphatic carbocycles. The molecule has 2 heterocycles. The maximum atomic E-state index is 5.63. The summed E-state index contributed by atoms with van der Waals surface area (Å²) in [6, 6.07) is 2.09. The summed E-state index contributed by atoms with van der Waals surface area (Å²) < 4.78 is 2.07. The van der Waals surface area contributed by atoms with Crippen LogP contribution in [-0.2, 0) is 0 Å². The fourth-order valence-electron chi connectivity index (χ4n) is 1.24. The van der Waals surface area contributed by atoms with Crippen molar-refractivity contribution in [2.45, 2.75) is 11.8 Å². The van der Waals surface area contributed by atoms with Crippen molar-refractivity contribution in [2.75, 3.05) is 6.54 Å². The van der Waals surface area contributed by atoms with Crippen LogP contribution >= 0.6 is 34.8 Å². The van der Waals surface area contributed by atoms with Gasteiger partial charge in [-0.1, -0.05) is 0 Å². The maximum absolute atomic E-state index is 5.63. The van der Waals surface area contributed by atoms with Crippen LogP contribution in [0.3, 0.4) is 0 Å². The molecule has 1 aromatic heterocycles. The van der Waals surface area contributed by atoms with Gasteiger partial charge in [-0.3, -0.25) is 7.50 Å². The van der Waals surface area contributed by atoms with Crippen LogP contribution in [0.15, 0.2) is 22.9 Å². The Hall–Kier alpha value is -0.270. The molecule has 0 radical (unpaired) electrons. The molecular weight excluding hydrogens is 309 g/mol. The van der Waals surface area contributed by atoms with E-state index in [0.29, 0.717) is 6.54 Å². The van der Waals surface area contributed by atoms with Gasteiger partial charge in [-0.05, 0) is 31.0 Å². The molecule has 1 aliphatic rings. The Labute approximate surface area is 101 Å². The number of halogens is 1. The molecule has 0 bridgehead atoms. The van der Waals surface area contributed by atoms with Crippen molar-refractivity contribution < 1.29 is 0 Å². The zero-order valence-corrected chi connectivity index (χ0v) is 10.7. The van der Waals surface area contributed by atoms with Crippen molar-refractivity contribution in [1.82, 2.24) is 7.50 Å². The summed E-state index contributed by atoms with van der Waals surface area (Å²) >= 11 is 3.95. The van der Waals surface area contributed by atoms with E-state index in [-0.39, 0.29) is 0 Å². The number of hydrogen-bond acceptors (Lipinski definition) is 4. The molecule has 0 atom stereocenters. The molecule has 2 rings (SSSR count). The molecular formula is C9H10IN3S. The molecule has 0 unspecified atom stereocenters. The summed E-state index contributed by atoms with van der Waals surface area (Å²) in [4.78, 5) is 5.51. The predicted molar refractivity (Wildman–Crippen MR) is 67.7 cm³/mol. The standard InChI is InChI=1S/C9H10IN3S/c1-6-2-9-7(5-12-6)3-8(4-11)13(10)14-9/h2-3,5H,4,11H2,1H3. The third-order valence-electron chi connectivity index (χ3n) is 1.97. The highest BCUT2D eigenvalue weighted by molar-refractivity contribution is 14.1. The average molecular weight is 319 g/mol. The molecule has 0 spiro atoms. The fourth-order valence-corrected chi connectivity index (χ4v) is 3.07. The van der Waals surface area contributed by atoms with Crippen molar-refractivity contribution in [2.24, 2.45) is 5.73 Å². The largest absolute Gasteiger partial charge is 0.325 e. The van der Waals surface area contributed by atoms with E-state index in [1.807, 2.05) is 13.1 Å². The molecule has 14 heavy (non-hydrogen) atoms. The Bertz CT molecular complexity index is 392. The lowest BCUT2D eigenvalue weighted by Crippen LogP contribution is -2.15. The maximum Gasteiger partial charge on any atom is 0.0713 e. The summed E-state index contributed by atoms with van der Waals surface area (Å²) in [5.41, 5.74) is 8.96. The summed E-state index contributed by atoms with van der Waals surface area (Å²) in [6.45, 7) is 2.56. The first-order chi connectivity index (χ1) is 6.70. The van der Waals surface area contributed by atoms with Crippen LogP contribution in [-0.4, -0.2) is 14.0 Å². The number of rotatable bonds is 1. The first-order valence-corrected chi connectivity index (χ1v) is 5.95. The molecule has 0 fully saturated rings. The van der Waals surface area contributed by atoms with Crippen molar-refractivity contribution in [1.29, 1.82) is 0 Å². The van der Waals surface area contributed by atoms with Crippen molar-refractivity contribution >= 4 is 40.9 Å². The smallest absolute Gasteiger partial charge is 0.0713 e. The number of nitrogens with zero attached hydrogens (tertiary/aromatic N) is 2. The Morgan fingerprint density at radius 3 is 3.14 bits per heavy atom. The second-order valence-corrected chi connectivity index (χ2v) is 5.65. The highest BCUT2D eigenvalue weighted by atomic mass is 127. The zero-order valence-electron chi connectivity index (χ0n) is 7.70. The minimum atomic E-state index is 0.559. The van der Waals surface area contributed by atoms with Crippen LogP contribution in [0.2, 0.25) is 0 Å². The molecule has 0 saturated heterocycles. The number of hydrogen-bond donors (Lipinski definition) is 1. The Balaban J connectivity index is 2.45. The van der Waals surface area contributed by atoms with E-state index >= 15 is 0 Å². The molecule has 1 aliphatic heterocycles. The topological polar surface area (TPSA) is 42.1 Å². The number of aryl methyl sites for hydroxylation is 1. The van der Waals surface area contributed by atoms with Gasteiger partial charge in [-0.25, -0.2) is 0 Å². The van der Waals surface area contributed by atoms with E-state index in [1.165, 1.54) is 4.90 Å². The molecule has 0 saturated carbocycles. The number of pyridine rings is 1. The average Bonchev–Trinajstić information content (AvgIpc) is 2.16. The molecule has 2 N–H and O–H groups in total. The van der Waals surface area contributed by atoms with Gasteiger partial charge in [0.1, 0.15) is 0 Å². The van der Waals surface area contributed by atoms with Gasteiger partial charge in [0, 0.05) is 34.6 Å². The van der Waals surface area contributed by atoms with Gasteiger partial charge >= 0.3 is 0 Å². The van der Waals surface area contributed by atoms with Crippen LogP contribution in [0.1, 0.15) is 11.3 Å². The van der Waals surface area contributed by atoms with Crippen LogP contribution in [0.5, 0.6) is 0 Å². The van der Waals surface area contributed by atoms with E-state index in [4.69, 9.17) is 5.73 Å². The predicted octanol–water partition coefficient (Wildman–Crippen LogP) is 2.36. The van der Waals surface area contributed by atoms with Gasteiger partial charge in [0.2, 0.25) is 0 Å². The van der Waals surface area contributed by atoms with Crippen molar-refractivity contribution in [3.8, 4) is 0 Å². The quantitative estimate of drug-likeness (QED) is 0.490. The molecule has 1 aromatic rings. The molecule has 0 amide bonds. The summed E-state index contributed by atoms with van der Waals surface area (Å²) in [5.74, 6) is 0. The minimum Gasteiger partial charge on any atom is -0.325 e. The SMILES string of the molecule is Cc1cc2c(cn1)C=C(CN)N(I)S2. The van der Waals surface area contributed by atoms with E-state index < -0.39 is 0 Å². The Kier molecular flexibility index (Phi) is 2.99. The van der Waals surface area contributed by atoms with Gasteiger partial charge in [0.05, 0.1) is 22.9 Å². The van der Waals surface area contributed by atoms with Gasteiger partial charge in [0.25, 0.3) is 0 Å². The van der Waals surface area contributed by atoms with E-state index in [2.05, 4.69) is 42.5 Å². The molecule has 5 heteroatoms. The summed E-state index contributed by atoms with van der Waals surface area (Å²) in [6.07, 6.45) is 3.99. The van der Waals surface area contributed by atoms with E-state index in [1.54, 1.807) is 11.9 Å². The van der Waals surface area contributed by atoms with Crippen molar-refractivity contribution in [3.63, 3.8) is 0 Å². The third kappa shape index (κ3) is 1.89. The summed E-state index contributed by atoms with van der Waals surface area (Å²) in [5, 5.41) is 0.